The summed E-state index contributed by atoms with van der Waals surface area (Å²) in [5.74, 6) is 1.04. The smallest absolute Gasteiger partial charge is 0.233 e. The van der Waals surface area contributed by atoms with E-state index in [1.807, 2.05) is 27.7 Å². The number of nitrogens with zero attached hydrogens (tertiary/aromatic N) is 5. The molecule has 31 heavy (non-hydrogen) atoms. The molecule has 0 bridgehead atoms. The summed E-state index contributed by atoms with van der Waals surface area (Å²) in [6, 6.07) is 9.65. The quantitative estimate of drug-likeness (QED) is 0.454. The highest BCUT2D eigenvalue weighted by Crippen LogP contribution is 2.32. The molecule has 1 aliphatic heterocycles. The Balaban J connectivity index is 1.65. The lowest BCUT2D eigenvalue weighted by atomic mass is 9.98. The van der Waals surface area contributed by atoms with Crippen LogP contribution in [0, 0.1) is 0 Å². The van der Waals surface area contributed by atoms with E-state index < -0.39 is 0 Å². The SMILES string of the molecule is CC1CCCC(C)N1C(=O)CSc1nnc(-c2cccnc2)n1-c1ccc(Cl)c(Cl)c1. The van der Waals surface area contributed by atoms with Crippen LogP contribution in [0.15, 0.2) is 47.9 Å². The number of thioether (sulfide) groups is 1. The highest BCUT2D eigenvalue weighted by molar-refractivity contribution is 7.99. The van der Waals surface area contributed by atoms with Crippen molar-refractivity contribution >= 4 is 40.9 Å². The van der Waals surface area contributed by atoms with Crippen molar-refractivity contribution in [1.82, 2.24) is 24.6 Å². The molecule has 0 saturated carbocycles. The fourth-order valence-electron chi connectivity index (χ4n) is 4.02. The maximum Gasteiger partial charge on any atom is 0.233 e. The van der Waals surface area contributed by atoms with Gasteiger partial charge in [-0.1, -0.05) is 35.0 Å². The summed E-state index contributed by atoms with van der Waals surface area (Å²) in [6.07, 6.45) is 6.70. The zero-order chi connectivity index (χ0) is 22.0. The number of carbonyl (C=O) groups excluding carboxylic acids is 1. The molecule has 1 amide bonds. The molecule has 0 spiro atoms. The summed E-state index contributed by atoms with van der Waals surface area (Å²) >= 11 is 13.8. The molecule has 2 unspecified atom stereocenters. The third kappa shape index (κ3) is 4.73. The highest BCUT2D eigenvalue weighted by Gasteiger charge is 2.29. The zero-order valence-corrected chi connectivity index (χ0v) is 19.7. The van der Waals surface area contributed by atoms with Crippen LogP contribution >= 0.6 is 35.0 Å². The van der Waals surface area contributed by atoms with Gasteiger partial charge in [-0.05, 0) is 63.4 Å². The summed E-state index contributed by atoms with van der Waals surface area (Å²) < 4.78 is 1.89. The molecule has 3 heterocycles. The normalized spacial score (nSPS) is 18.9. The molecule has 162 valence electrons. The Bertz CT molecular complexity index is 1070. The first-order valence-electron chi connectivity index (χ1n) is 10.2. The number of benzene rings is 1. The number of aromatic nitrogens is 4. The Labute approximate surface area is 196 Å². The topological polar surface area (TPSA) is 63.9 Å². The summed E-state index contributed by atoms with van der Waals surface area (Å²) in [7, 11) is 0. The summed E-state index contributed by atoms with van der Waals surface area (Å²) in [5.41, 5.74) is 1.59. The van der Waals surface area contributed by atoms with E-state index in [1.165, 1.54) is 18.2 Å². The van der Waals surface area contributed by atoms with E-state index in [1.54, 1.807) is 24.5 Å². The second-order valence-corrected chi connectivity index (χ2v) is 9.46. The number of rotatable bonds is 5. The monoisotopic (exact) mass is 475 g/mol. The molecule has 0 aliphatic carbocycles. The van der Waals surface area contributed by atoms with Crippen LogP contribution in [0.3, 0.4) is 0 Å². The molecule has 1 saturated heterocycles. The Kier molecular flexibility index (Phi) is 6.84. The first-order valence-corrected chi connectivity index (χ1v) is 11.9. The molecule has 6 nitrogen and oxygen atoms in total. The average Bonchev–Trinajstić information content (AvgIpc) is 3.18. The van der Waals surface area contributed by atoms with Gasteiger partial charge in [0.25, 0.3) is 0 Å². The molecule has 1 aromatic carbocycles. The zero-order valence-electron chi connectivity index (χ0n) is 17.3. The van der Waals surface area contributed by atoms with Crippen LogP contribution in [0.2, 0.25) is 10.0 Å². The Hall–Kier alpha value is -2.09. The standard InChI is InChI=1S/C22H23Cl2N5OS/c1-14-5-3-6-15(2)28(14)20(30)13-31-22-27-26-21(16-7-4-10-25-12-16)29(22)17-8-9-18(23)19(24)11-17/h4,7-12,14-15H,3,5-6,13H2,1-2H3. The van der Waals surface area contributed by atoms with Crippen LogP contribution in [0.1, 0.15) is 33.1 Å². The average molecular weight is 476 g/mol. The van der Waals surface area contributed by atoms with Crippen LogP contribution in [0.4, 0.5) is 0 Å². The Morgan fingerprint density at radius 1 is 1.13 bits per heavy atom. The second-order valence-electron chi connectivity index (χ2n) is 7.70. The van der Waals surface area contributed by atoms with E-state index in [0.29, 0.717) is 26.8 Å². The molecular formula is C22H23Cl2N5OS. The van der Waals surface area contributed by atoms with Crippen LogP contribution in [-0.4, -0.2) is 48.4 Å². The predicted molar refractivity (Wildman–Crippen MR) is 125 cm³/mol. The van der Waals surface area contributed by atoms with Crippen molar-refractivity contribution in [2.45, 2.75) is 50.4 Å². The third-order valence-corrected chi connectivity index (χ3v) is 7.17. The number of piperidine rings is 1. The molecule has 0 radical (unpaired) electrons. The minimum Gasteiger partial charge on any atom is -0.337 e. The van der Waals surface area contributed by atoms with E-state index in [2.05, 4.69) is 29.0 Å². The first-order chi connectivity index (χ1) is 15.0. The van der Waals surface area contributed by atoms with Gasteiger partial charge in [-0.25, -0.2) is 0 Å². The molecule has 4 rings (SSSR count). The van der Waals surface area contributed by atoms with E-state index in [9.17, 15) is 4.79 Å². The maximum atomic E-state index is 13.0. The predicted octanol–water partition coefficient (Wildman–Crippen LogP) is 5.52. The van der Waals surface area contributed by atoms with Crippen molar-refractivity contribution in [1.29, 1.82) is 0 Å². The van der Waals surface area contributed by atoms with E-state index in [4.69, 9.17) is 23.2 Å². The van der Waals surface area contributed by atoms with Gasteiger partial charge in [0.1, 0.15) is 0 Å². The fraction of sp³-hybridized carbons (Fsp3) is 0.364. The van der Waals surface area contributed by atoms with Gasteiger partial charge in [0, 0.05) is 30.0 Å². The van der Waals surface area contributed by atoms with Crippen molar-refractivity contribution in [3.8, 4) is 17.1 Å². The van der Waals surface area contributed by atoms with Gasteiger partial charge in [0.05, 0.1) is 21.5 Å². The van der Waals surface area contributed by atoms with Gasteiger partial charge in [0.15, 0.2) is 11.0 Å². The summed E-state index contributed by atoms with van der Waals surface area (Å²) in [5, 5.41) is 10.3. The van der Waals surface area contributed by atoms with Gasteiger partial charge in [-0.2, -0.15) is 0 Å². The molecule has 1 aliphatic rings. The van der Waals surface area contributed by atoms with Crippen molar-refractivity contribution in [3.05, 3.63) is 52.8 Å². The van der Waals surface area contributed by atoms with Crippen LogP contribution < -0.4 is 0 Å². The molecule has 2 aromatic heterocycles. The fourth-order valence-corrected chi connectivity index (χ4v) is 5.13. The van der Waals surface area contributed by atoms with Gasteiger partial charge < -0.3 is 4.90 Å². The Morgan fingerprint density at radius 2 is 1.90 bits per heavy atom. The summed E-state index contributed by atoms with van der Waals surface area (Å²) in [6.45, 7) is 4.24. The molecule has 3 aromatic rings. The maximum absolute atomic E-state index is 13.0. The molecule has 2 atom stereocenters. The molecule has 9 heteroatoms. The van der Waals surface area contributed by atoms with Crippen LogP contribution in [0.25, 0.3) is 17.1 Å². The van der Waals surface area contributed by atoms with E-state index in [-0.39, 0.29) is 18.0 Å². The van der Waals surface area contributed by atoms with Crippen LogP contribution in [0.5, 0.6) is 0 Å². The third-order valence-electron chi connectivity index (χ3n) is 5.52. The Morgan fingerprint density at radius 3 is 2.58 bits per heavy atom. The number of halogens is 2. The minimum atomic E-state index is 0.122. The van der Waals surface area contributed by atoms with Crippen molar-refractivity contribution in [2.24, 2.45) is 0 Å². The van der Waals surface area contributed by atoms with Gasteiger partial charge >= 0.3 is 0 Å². The minimum absolute atomic E-state index is 0.122. The van der Waals surface area contributed by atoms with Crippen molar-refractivity contribution in [2.75, 3.05) is 5.75 Å². The van der Waals surface area contributed by atoms with Crippen molar-refractivity contribution in [3.63, 3.8) is 0 Å². The molecule has 0 N–H and O–H groups in total. The number of amides is 1. The van der Waals surface area contributed by atoms with E-state index in [0.717, 1.165) is 24.1 Å². The number of pyridine rings is 1. The molecule has 1 fully saturated rings. The molecular weight excluding hydrogens is 453 g/mol. The lowest BCUT2D eigenvalue weighted by molar-refractivity contribution is -0.134. The van der Waals surface area contributed by atoms with Gasteiger partial charge in [-0.3, -0.25) is 14.3 Å². The van der Waals surface area contributed by atoms with Crippen LogP contribution in [-0.2, 0) is 4.79 Å². The van der Waals surface area contributed by atoms with E-state index >= 15 is 0 Å². The number of hydrogen-bond acceptors (Lipinski definition) is 5. The first kappa shape index (κ1) is 22.1. The second kappa shape index (κ2) is 9.59. The number of carbonyl (C=O) groups is 1. The lowest BCUT2D eigenvalue weighted by Gasteiger charge is -2.39. The lowest BCUT2D eigenvalue weighted by Crippen LogP contribution is -2.48. The number of hydrogen-bond donors (Lipinski definition) is 0. The van der Waals surface area contributed by atoms with Gasteiger partial charge in [-0.15, -0.1) is 10.2 Å². The largest absolute Gasteiger partial charge is 0.337 e. The number of likely N-dealkylation sites (tertiary alicyclic amines) is 1. The van der Waals surface area contributed by atoms with Crippen molar-refractivity contribution < 1.29 is 4.79 Å². The van der Waals surface area contributed by atoms with Gasteiger partial charge in [0.2, 0.25) is 5.91 Å². The highest BCUT2D eigenvalue weighted by atomic mass is 35.5. The summed E-state index contributed by atoms with van der Waals surface area (Å²) in [4.78, 5) is 19.2.